The summed E-state index contributed by atoms with van der Waals surface area (Å²) in [6.07, 6.45) is -6.49. The molecule has 2 N–H and O–H groups in total. The molecule has 0 saturated heterocycles. The van der Waals surface area contributed by atoms with Crippen molar-refractivity contribution in [3.05, 3.63) is 35.9 Å². The monoisotopic (exact) mass is 402 g/mol. The van der Waals surface area contributed by atoms with Crippen LogP contribution >= 0.6 is 0 Å². The fourth-order valence-electron chi connectivity index (χ4n) is 2.82. The lowest BCUT2D eigenvalue weighted by Crippen LogP contribution is -2.57. The Morgan fingerprint density at radius 2 is 1.57 bits per heavy atom. The van der Waals surface area contributed by atoms with Crippen LogP contribution in [0.1, 0.15) is 33.3 Å². The molecule has 0 aliphatic carbocycles. The highest BCUT2D eigenvalue weighted by Gasteiger charge is 2.46. The standard InChI is InChI=1S/C19H25F3N2O4/c1-11(2)14(16(25)19(20,21)22)23-17(26)15(12(3)4)24(18(27)28)10-13-8-6-5-7-9-13/h5-9,11-12,14-15H,10H2,1-4H3,(H,23,26)(H,27,28)/t14-,15-/m0/s1. The molecule has 0 unspecified atom stereocenters. The van der Waals surface area contributed by atoms with Gasteiger partial charge in [0.2, 0.25) is 5.91 Å². The number of nitrogens with one attached hydrogen (secondary N) is 1. The maximum absolute atomic E-state index is 12.8. The number of Topliss-reactive ketones (excluding diaryl/α,β-unsaturated/α-hetero) is 1. The van der Waals surface area contributed by atoms with E-state index in [1.165, 1.54) is 13.8 Å². The molecule has 9 heteroatoms. The molecule has 0 aromatic heterocycles. The van der Waals surface area contributed by atoms with Gasteiger partial charge < -0.3 is 10.4 Å². The molecule has 2 atom stereocenters. The van der Waals surface area contributed by atoms with Crippen molar-refractivity contribution in [1.29, 1.82) is 0 Å². The van der Waals surface area contributed by atoms with E-state index < -0.39 is 47.9 Å². The van der Waals surface area contributed by atoms with Gasteiger partial charge in [0.1, 0.15) is 6.04 Å². The number of hydrogen-bond acceptors (Lipinski definition) is 3. The quantitative estimate of drug-likeness (QED) is 0.697. The van der Waals surface area contributed by atoms with Crippen molar-refractivity contribution in [3.63, 3.8) is 0 Å². The minimum atomic E-state index is -5.11. The number of carbonyl (C=O) groups is 3. The molecule has 2 amide bonds. The molecule has 1 rings (SSSR count). The predicted octanol–water partition coefficient (Wildman–Crippen LogP) is 3.46. The van der Waals surface area contributed by atoms with Crippen LogP contribution in [0.5, 0.6) is 0 Å². The Bertz CT molecular complexity index is 690. The van der Waals surface area contributed by atoms with Crippen LogP contribution in [0, 0.1) is 11.8 Å². The molecule has 0 fully saturated rings. The number of amides is 2. The number of carboxylic acid groups (broad SMARTS) is 1. The van der Waals surface area contributed by atoms with Crippen molar-refractivity contribution in [2.45, 2.75) is 52.5 Å². The number of benzene rings is 1. The number of halogens is 3. The Kier molecular flexibility index (Phi) is 8.01. The van der Waals surface area contributed by atoms with E-state index in [0.717, 1.165) is 4.90 Å². The lowest BCUT2D eigenvalue weighted by atomic mass is 9.96. The summed E-state index contributed by atoms with van der Waals surface area (Å²) in [5.74, 6) is -4.36. The highest BCUT2D eigenvalue weighted by Crippen LogP contribution is 2.22. The smallest absolute Gasteiger partial charge is 0.452 e. The molecule has 0 spiro atoms. The number of carbonyl (C=O) groups excluding carboxylic acids is 2. The highest BCUT2D eigenvalue weighted by molar-refractivity contribution is 5.94. The molecule has 1 aromatic rings. The summed E-state index contributed by atoms with van der Waals surface area (Å²) in [5, 5.41) is 11.7. The first-order valence-electron chi connectivity index (χ1n) is 8.81. The second-order valence-corrected chi connectivity index (χ2v) is 7.18. The Morgan fingerprint density at radius 1 is 1.04 bits per heavy atom. The number of rotatable bonds is 8. The Labute approximate surface area is 161 Å². The average Bonchev–Trinajstić information content (AvgIpc) is 2.57. The van der Waals surface area contributed by atoms with Crippen molar-refractivity contribution >= 4 is 17.8 Å². The summed E-state index contributed by atoms with van der Waals surface area (Å²) in [6, 6.07) is 5.45. The minimum Gasteiger partial charge on any atom is -0.465 e. The van der Waals surface area contributed by atoms with E-state index in [0.29, 0.717) is 5.56 Å². The highest BCUT2D eigenvalue weighted by atomic mass is 19.4. The largest absolute Gasteiger partial charge is 0.465 e. The summed E-state index contributed by atoms with van der Waals surface area (Å²) in [5.41, 5.74) is 0.620. The maximum atomic E-state index is 12.8. The number of hydrogen-bond donors (Lipinski definition) is 2. The summed E-state index contributed by atoms with van der Waals surface area (Å²) >= 11 is 0. The van der Waals surface area contributed by atoms with Crippen LogP contribution in [0.2, 0.25) is 0 Å². The number of alkyl halides is 3. The molecule has 0 saturated carbocycles. The van der Waals surface area contributed by atoms with Crippen LogP contribution in [0.3, 0.4) is 0 Å². The summed E-state index contributed by atoms with van der Waals surface area (Å²) in [6.45, 7) is 5.80. The van der Waals surface area contributed by atoms with Crippen LogP contribution in [-0.2, 0) is 16.1 Å². The molecule has 0 heterocycles. The predicted molar refractivity (Wildman–Crippen MR) is 96.5 cm³/mol. The zero-order chi connectivity index (χ0) is 21.6. The Morgan fingerprint density at radius 3 is 1.96 bits per heavy atom. The van der Waals surface area contributed by atoms with E-state index in [4.69, 9.17) is 0 Å². The van der Waals surface area contributed by atoms with Gasteiger partial charge in [-0.2, -0.15) is 13.2 Å². The molecule has 156 valence electrons. The van der Waals surface area contributed by atoms with E-state index in [9.17, 15) is 32.7 Å². The van der Waals surface area contributed by atoms with Crippen molar-refractivity contribution in [1.82, 2.24) is 10.2 Å². The van der Waals surface area contributed by atoms with Crippen molar-refractivity contribution in [2.75, 3.05) is 0 Å². The van der Waals surface area contributed by atoms with Crippen molar-refractivity contribution in [2.24, 2.45) is 11.8 Å². The zero-order valence-corrected chi connectivity index (χ0v) is 16.2. The maximum Gasteiger partial charge on any atom is 0.452 e. The van der Waals surface area contributed by atoms with E-state index in [2.05, 4.69) is 5.32 Å². The lowest BCUT2D eigenvalue weighted by Gasteiger charge is -2.33. The summed E-state index contributed by atoms with van der Waals surface area (Å²) in [4.78, 5) is 37.0. The third-order valence-corrected chi connectivity index (χ3v) is 4.20. The van der Waals surface area contributed by atoms with E-state index in [1.807, 2.05) is 0 Å². The number of ketones is 1. The van der Waals surface area contributed by atoms with Gasteiger partial charge in [-0.15, -0.1) is 0 Å². The number of nitrogens with zero attached hydrogens (tertiary/aromatic N) is 1. The fraction of sp³-hybridized carbons (Fsp3) is 0.526. The minimum absolute atomic E-state index is 0.119. The van der Waals surface area contributed by atoms with Crippen molar-refractivity contribution < 1.29 is 32.7 Å². The van der Waals surface area contributed by atoms with Gasteiger partial charge in [-0.25, -0.2) is 4.79 Å². The van der Waals surface area contributed by atoms with Gasteiger partial charge >= 0.3 is 12.3 Å². The van der Waals surface area contributed by atoms with Gasteiger partial charge in [-0.3, -0.25) is 14.5 Å². The SMILES string of the molecule is CC(C)[C@H](NC(=O)[C@H](C(C)C)N(Cc1ccccc1)C(=O)O)C(=O)C(F)(F)F. The fourth-order valence-corrected chi connectivity index (χ4v) is 2.82. The van der Waals surface area contributed by atoms with Gasteiger partial charge in [0, 0.05) is 6.54 Å². The van der Waals surface area contributed by atoms with Crippen molar-refractivity contribution in [3.8, 4) is 0 Å². The molecule has 0 bridgehead atoms. The van der Waals surface area contributed by atoms with E-state index in [-0.39, 0.29) is 6.54 Å². The van der Waals surface area contributed by atoms with Gasteiger partial charge in [0.25, 0.3) is 5.78 Å². The molecule has 0 aliphatic rings. The summed E-state index contributed by atoms with van der Waals surface area (Å²) < 4.78 is 38.5. The van der Waals surface area contributed by atoms with Crippen LogP contribution in [-0.4, -0.2) is 46.1 Å². The molecule has 6 nitrogen and oxygen atoms in total. The topological polar surface area (TPSA) is 86.7 Å². The van der Waals surface area contributed by atoms with Crippen LogP contribution in [0.4, 0.5) is 18.0 Å². The second-order valence-electron chi connectivity index (χ2n) is 7.18. The first-order valence-corrected chi connectivity index (χ1v) is 8.81. The van der Waals surface area contributed by atoms with Gasteiger partial charge in [0.05, 0.1) is 6.04 Å². The normalized spacial score (nSPS) is 13.9. The molecule has 0 aliphatic heterocycles. The third-order valence-electron chi connectivity index (χ3n) is 4.20. The zero-order valence-electron chi connectivity index (χ0n) is 16.2. The molecule has 1 aromatic carbocycles. The molecule has 0 radical (unpaired) electrons. The lowest BCUT2D eigenvalue weighted by molar-refractivity contribution is -0.175. The van der Waals surface area contributed by atoms with E-state index in [1.54, 1.807) is 44.2 Å². The summed E-state index contributed by atoms with van der Waals surface area (Å²) in [7, 11) is 0. The average molecular weight is 402 g/mol. The van der Waals surface area contributed by atoms with Crippen LogP contribution in [0.15, 0.2) is 30.3 Å². The van der Waals surface area contributed by atoms with Gasteiger partial charge in [-0.1, -0.05) is 58.0 Å². The van der Waals surface area contributed by atoms with Crippen LogP contribution in [0.25, 0.3) is 0 Å². The second kappa shape index (κ2) is 9.57. The first kappa shape index (κ1) is 23.5. The Balaban J connectivity index is 3.14. The van der Waals surface area contributed by atoms with Crippen LogP contribution < -0.4 is 5.32 Å². The molecular formula is C19H25F3N2O4. The Hall–Kier alpha value is -2.58. The third kappa shape index (κ3) is 6.24. The van der Waals surface area contributed by atoms with Gasteiger partial charge in [-0.05, 0) is 17.4 Å². The first-order chi connectivity index (χ1) is 12.9. The van der Waals surface area contributed by atoms with E-state index >= 15 is 0 Å². The van der Waals surface area contributed by atoms with Gasteiger partial charge in [0.15, 0.2) is 0 Å². The molecular weight excluding hydrogens is 377 g/mol. The molecule has 28 heavy (non-hydrogen) atoms.